The Labute approximate surface area is 236 Å². The van der Waals surface area contributed by atoms with Crippen LogP contribution in [0.15, 0.2) is 54.9 Å². The smallest absolute Gasteiger partial charge is 0.382 e. The summed E-state index contributed by atoms with van der Waals surface area (Å²) >= 11 is 0. The minimum absolute atomic E-state index is 0.0897. The number of carbonyl (C=O) groups is 1. The SMILES string of the molecule is Cc1ccc(C(=O)Nc2cc(N3CC[C@@H](CN(C)C)C3)cc(C(F)(F)F)c2)cc1C#Cc1cnc(N)c2[nH]ccc12. The zero-order valence-electron chi connectivity index (χ0n) is 23.1. The number of anilines is 3. The van der Waals surface area contributed by atoms with Gasteiger partial charge in [0.25, 0.3) is 5.91 Å². The van der Waals surface area contributed by atoms with Gasteiger partial charge in [0.2, 0.25) is 0 Å². The second kappa shape index (κ2) is 11.2. The molecule has 0 saturated carbocycles. The Morgan fingerprint density at radius 2 is 1.95 bits per heavy atom. The van der Waals surface area contributed by atoms with Crippen molar-refractivity contribution in [1.29, 1.82) is 0 Å². The standard InChI is InChI=1S/C31H31F3N6O/c1-19-4-5-22(12-21(19)6-7-23-16-37-29(35)28-27(23)8-10-36-28)30(41)38-25-13-24(31(32,33)34)14-26(15-25)40-11-9-20(18-40)17-39(2)3/h4-5,8,10,12-16,20,36H,9,11,17-18H2,1-3H3,(H2,35,37)(H,38,41)/t20-/m0/s1. The Balaban J connectivity index is 1.40. The Bertz CT molecular complexity index is 1660. The number of amides is 1. The number of hydrogen-bond acceptors (Lipinski definition) is 5. The molecule has 1 aliphatic rings. The number of nitrogen functional groups attached to an aromatic ring is 1. The van der Waals surface area contributed by atoms with Crippen LogP contribution in [-0.2, 0) is 6.18 Å². The number of aryl methyl sites for hydroxylation is 1. The molecule has 3 heterocycles. The number of pyridine rings is 1. The number of nitrogens with two attached hydrogens (primary N) is 1. The predicted molar refractivity (Wildman–Crippen MR) is 156 cm³/mol. The first-order valence-corrected chi connectivity index (χ1v) is 13.3. The maximum Gasteiger partial charge on any atom is 0.416 e. The molecule has 1 atom stereocenters. The Hall–Kier alpha value is -4.49. The number of benzene rings is 2. The third-order valence-corrected chi connectivity index (χ3v) is 7.23. The summed E-state index contributed by atoms with van der Waals surface area (Å²) < 4.78 is 41.4. The summed E-state index contributed by atoms with van der Waals surface area (Å²) in [5, 5.41) is 3.51. The number of rotatable bonds is 5. The highest BCUT2D eigenvalue weighted by molar-refractivity contribution is 6.05. The van der Waals surface area contributed by atoms with Crippen LogP contribution in [0.4, 0.5) is 30.4 Å². The molecule has 1 fully saturated rings. The van der Waals surface area contributed by atoms with Crippen molar-refractivity contribution >= 4 is 34.0 Å². The van der Waals surface area contributed by atoms with E-state index >= 15 is 0 Å². The predicted octanol–water partition coefficient (Wildman–Crippen LogP) is 5.51. The van der Waals surface area contributed by atoms with E-state index in [-0.39, 0.29) is 11.3 Å². The molecule has 0 unspecified atom stereocenters. The zero-order chi connectivity index (χ0) is 29.3. The summed E-state index contributed by atoms with van der Waals surface area (Å²) in [4.78, 5) is 24.5. The number of carbonyl (C=O) groups excluding carboxylic acids is 1. The second-order valence-corrected chi connectivity index (χ2v) is 10.7. The molecule has 1 amide bonds. The van der Waals surface area contributed by atoms with Crippen molar-refractivity contribution in [1.82, 2.24) is 14.9 Å². The van der Waals surface area contributed by atoms with E-state index in [1.807, 2.05) is 32.0 Å². The third-order valence-electron chi connectivity index (χ3n) is 7.23. The molecular formula is C31H31F3N6O. The van der Waals surface area contributed by atoms with Crippen LogP contribution >= 0.6 is 0 Å². The molecule has 1 saturated heterocycles. The van der Waals surface area contributed by atoms with Crippen molar-refractivity contribution in [2.45, 2.75) is 19.5 Å². The molecule has 0 aliphatic carbocycles. The number of hydrogen-bond donors (Lipinski definition) is 3. The Kier molecular flexibility index (Phi) is 7.65. The van der Waals surface area contributed by atoms with Gasteiger partial charge in [0.05, 0.1) is 16.6 Å². The largest absolute Gasteiger partial charge is 0.416 e. The topological polar surface area (TPSA) is 90.3 Å². The molecule has 0 spiro atoms. The van der Waals surface area contributed by atoms with Gasteiger partial charge in [-0.2, -0.15) is 13.2 Å². The van der Waals surface area contributed by atoms with Gasteiger partial charge in [0, 0.05) is 59.9 Å². The number of halogens is 3. The molecule has 41 heavy (non-hydrogen) atoms. The number of nitrogens with zero attached hydrogens (tertiary/aromatic N) is 3. The Morgan fingerprint density at radius 3 is 2.71 bits per heavy atom. The van der Waals surface area contributed by atoms with Crippen LogP contribution < -0.4 is 16.0 Å². The number of alkyl halides is 3. The van der Waals surface area contributed by atoms with Gasteiger partial charge in [-0.15, -0.1) is 0 Å². The highest BCUT2D eigenvalue weighted by Gasteiger charge is 2.33. The number of aromatic amines is 1. The number of nitrogens with one attached hydrogen (secondary N) is 2. The number of H-pyrrole nitrogens is 1. The lowest BCUT2D eigenvalue weighted by Gasteiger charge is -2.22. The maximum absolute atomic E-state index is 13.8. The molecule has 4 N–H and O–H groups in total. The quantitative estimate of drug-likeness (QED) is 0.280. The van der Waals surface area contributed by atoms with E-state index < -0.39 is 17.6 Å². The number of aromatic nitrogens is 2. The third kappa shape index (κ3) is 6.31. The Morgan fingerprint density at radius 1 is 1.17 bits per heavy atom. The monoisotopic (exact) mass is 560 g/mol. The van der Waals surface area contributed by atoms with Crippen LogP contribution in [0.25, 0.3) is 10.9 Å². The van der Waals surface area contributed by atoms with Gasteiger partial charge in [-0.05, 0) is 75.3 Å². The van der Waals surface area contributed by atoms with Gasteiger partial charge in [-0.3, -0.25) is 4.79 Å². The molecule has 2 aromatic heterocycles. The fourth-order valence-corrected chi connectivity index (χ4v) is 5.17. The lowest BCUT2D eigenvalue weighted by Crippen LogP contribution is -2.26. The van der Waals surface area contributed by atoms with Crippen molar-refractivity contribution in [3.05, 3.63) is 82.7 Å². The highest BCUT2D eigenvalue weighted by Crippen LogP contribution is 2.36. The second-order valence-electron chi connectivity index (χ2n) is 10.7. The van der Waals surface area contributed by atoms with Crippen molar-refractivity contribution < 1.29 is 18.0 Å². The summed E-state index contributed by atoms with van der Waals surface area (Å²) in [6.45, 7) is 4.05. The average molecular weight is 561 g/mol. The van der Waals surface area contributed by atoms with Gasteiger partial charge in [-0.25, -0.2) is 4.98 Å². The van der Waals surface area contributed by atoms with Crippen molar-refractivity contribution in [3.63, 3.8) is 0 Å². The fourth-order valence-electron chi connectivity index (χ4n) is 5.17. The van der Waals surface area contributed by atoms with E-state index in [1.165, 1.54) is 0 Å². The van der Waals surface area contributed by atoms with Crippen molar-refractivity contribution in [2.75, 3.05) is 49.7 Å². The first-order chi connectivity index (χ1) is 19.5. The van der Waals surface area contributed by atoms with E-state index in [0.717, 1.165) is 36.0 Å². The van der Waals surface area contributed by atoms with Crippen LogP contribution in [0.5, 0.6) is 0 Å². The molecule has 4 aromatic rings. The summed E-state index contributed by atoms with van der Waals surface area (Å²) in [7, 11) is 3.97. The molecule has 10 heteroatoms. The number of fused-ring (bicyclic) bond motifs is 1. The van der Waals surface area contributed by atoms with E-state index in [1.54, 1.807) is 36.7 Å². The van der Waals surface area contributed by atoms with E-state index in [0.29, 0.717) is 47.2 Å². The van der Waals surface area contributed by atoms with Gasteiger partial charge in [0.1, 0.15) is 5.82 Å². The van der Waals surface area contributed by atoms with Crippen molar-refractivity contribution in [3.8, 4) is 11.8 Å². The van der Waals surface area contributed by atoms with Gasteiger partial charge < -0.3 is 25.8 Å². The molecule has 1 aliphatic heterocycles. The lowest BCUT2D eigenvalue weighted by atomic mass is 10.0. The molecule has 7 nitrogen and oxygen atoms in total. The average Bonchev–Trinajstić information content (AvgIpc) is 3.59. The van der Waals surface area contributed by atoms with Crippen LogP contribution in [-0.4, -0.2) is 54.5 Å². The van der Waals surface area contributed by atoms with E-state index in [2.05, 4.69) is 32.0 Å². The zero-order valence-corrected chi connectivity index (χ0v) is 23.1. The summed E-state index contributed by atoms with van der Waals surface area (Å²) in [6, 6.07) is 10.6. The van der Waals surface area contributed by atoms with Gasteiger partial charge in [-0.1, -0.05) is 17.9 Å². The normalized spacial score (nSPS) is 15.3. The first kappa shape index (κ1) is 28.1. The minimum Gasteiger partial charge on any atom is -0.382 e. The van der Waals surface area contributed by atoms with Crippen LogP contribution in [0.3, 0.4) is 0 Å². The van der Waals surface area contributed by atoms with Crippen molar-refractivity contribution in [2.24, 2.45) is 5.92 Å². The molecule has 0 radical (unpaired) electrons. The van der Waals surface area contributed by atoms with Crippen LogP contribution in [0.2, 0.25) is 0 Å². The summed E-state index contributed by atoms with van der Waals surface area (Å²) in [5.41, 5.74) is 8.78. The van der Waals surface area contributed by atoms with Crippen LogP contribution in [0, 0.1) is 24.7 Å². The molecule has 212 valence electrons. The van der Waals surface area contributed by atoms with E-state index in [4.69, 9.17) is 5.73 Å². The lowest BCUT2D eigenvalue weighted by molar-refractivity contribution is -0.137. The molecular weight excluding hydrogens is 529 g/mol. The minimum atomic E-state index is -4.55. The van der Waals surface area contributed by atoms with E-state index in [9.17, 15) is 18.0 Å². The highest BCUT2D eigenvalue weighted by atomic mass is 19.4. The summed E-state index contributed by atoms with van der Waals surface area (Å²) in [5.74, 6) is 6.42. The van der Waals surface area contributed by atoms with Crippen LogP contribution in [0.1, 0.15) is 39.0 Å². The molecule has 5 rings (SSSR count). The maximum atomic E-state index is 13.8. The summed E-state index contributed by atoms with van der Waals surface area (Å²) in [6.07, 6.45) is -0.300. The van der Waals surface area contributed by atoms with Gasteiger partial charge >= 0.3 is 6.18 Å². The van der Waals surface area contributed by atoms with Gasteiger partial charge in [0.15, 0.2) is 0 Å². The molecule has 2 aromatic carbocycles. The first-order valence-electron chi connectivity index (χ1n) is 13.3. The molecule has 0 bridgehead atoms. The fraction of sp³-hybridized carbons (Fsp3) is 0.290.